The lowest BCUT2D eigenvalue weighted by Gasteiger charge is -2.37. The normalized spacial score (nSPS) is 42.5. The van der Waals surface area contributed by atoms with Gasteiger partial charge in [-0.3, -0.25) is 4.90 Å². The van der Waals surface area contributed by atoms with Gasteiger partial charge in [-0.05, 0) is 31.1 Å². The zero-order chi connectivity index (χ0) is 9.26. The summed E-state index contributed by atoms with van der Waals surface area (Å²) >= 11 is 2.05. The zero-order valence-electron chi connectivity index (χ0n) is 8.28. The lowest BCUT2D eigenvalue weighted by molar-refractivity contribution is 0.0147. The largest absolute Gasteiger partial charge is 0.392 e. The molecule has 13 heavy (non-hydrogen) atoms. The van der Waals surface area contributed by atoms with E-state index in [1.54, 1.807) is 0 Å². The molecule has 0 aromatic carbocycles. The predicted molar refractivity (Wildman–Crippen MR) is 57.1 cm³/mol. The van der Waals surface area contributed by atoms with Crippen LogP contribution in [0.25, 0.3) is 0 Å². The van der Waals surface area contributed by atoms with Crippen LogP contribution in [0.5, 0.6) is 0 Å². The molecule has 3 atom stereocenters. The first-order valence-electron chi connectivity index (χ1n) is 5.27. The fourth-order valence-corrected chi connectivity index (χ4v) is 3.47. The van der Waals surface area contributed by atoms with Crippen LogP contribution in [-0.2, 0) is 0 Å². The van der Waals surface area contributed by atoms with E-state index in [0.717, 1.165) is 12.6 Å². The van der Waals surface area contributed by atoms with Crippen LogP contribution < -0.4 is 0 Å². The molecule has 2 aliphatic heterocycles. The van der Waals surface area contributed by atoms with Gasteiger partial charge < -0.3 is 5.11 Å². The maximum absolute atomic E-state index is 9.76. The van der Waals surface area contributed by atoms with E-state index >= 15 is 0 Å². The summed E-state index contributed by atoms with van der Waals surface area (Å²) in [6, 6.07) is 0.757. The average molecular weight is 201 g/mol. The third kappa shape index (κ3) is 2.20. The Morgan fingerprint density at radius 3 is 2.85 bits per heavy atom. The number of thioether (sulfide) groups is 1. The van der Waals surface area contributed by atoms with Crippen LogP contribution in [-0.4, -0.2) is 46.7 Å². The minimum atomic E-state index is -0.0839. The number of aliphatic hydroxyl groups is 1. The van der Waals surface area contributed by atoms with Crippen LogP contribution in [0.4, 0.5) is 0 Å². The molecule has 3 heteroatoms. The lowest BCUT2D eigenvalue weighted by Crippen LogP contribution is -2.47. The van der Waals surface area contributed by atoms with E-state index in [1.807, 2.05) is 0 Å². The topological polar surface area (TPSA) is 23.5 Å². The molecule has 3 unspecified atom stereocenters. The fourth-order valence-electron chi connectivity index (χ4n) is 2.22. The van der Waals surface area contributed by atoms with E-state index in [1.165, 1.54) is 30.9 Å². The van der Waals surface area contributed by atoms with E-state index in [-0.39, 0.29) is 6.10 Å². The Labute approximate surface area is 84.7 Å². The standard InChI is InChI=1S/C10H19NOS/c1-8-2-4-11(6-10(8)12)9-3-5-13-7-9/h8-10,12H,2-7H2,1H3. The molecule has 0 spiro atoms. The van der Waals surface area contributed by atoms with Crippen molar-refractivity contribution >= 4 is 11.8 Å². The van der Waals surface area contributed by atoms with Crippen LogP contribution in [0.2, 0.25) is 0 Å². The van der Waals surface area contributed by atoms with Crippen molar-refractivity contribution in [3.63, 3.8) is 0 Å². The van der Waals surface area contributed by atoms with E-state index in [0.29, 0.717) is 5.92 Å². The predicted octanol–water partition coefficient (Wildman–Crippen LogP) is 1.19. The van der Waals surface area contributed by atoms with Crippen molar-refractivity contribution in [3.8, 4) is 0 Å². The minimum Gasteiger partial charge on any atom is -0.392 e. The number of hydrogen-bond acceptors (Lipinski definition) is 3. The second-order valence-corrected chi connectivity index (χ2v) is 5.50. The van der Waals surface area contributed by atoms with Crippen LogP contribution in [0.15, 0.2) is 0 Å². The molecule has 1 N–H and O–H groups in total. The molecule has 0 amide bonds. The van der Waals surface area contributed by atoms with Crippen molar-refractivity contribution in [2.45, 2.75) is 31.9 Å². The molecule has 0 aliphatic carbocycles. The maximum Gasteiger partial charge on any atom is 0.0693 e. The van der Waals surface area contributed by atoms with Crippen molar-refractivity contribution in [2.75, 3.05) is 24.6 Å². The van der Waals surface area contributed by atoms with Gasteiger partial charge >= 0.3 is 0 Å². The molecule has 2 nitrogen and oxygen atoms in total. The van der Waals surface area contributed by atoms with Crippen molar-refractivity contribution in [3.05, 3.63) is 0 Å². The number of rotatable bonds is 1. The van der Waals surface area contributed by atoms with Crippen LogP contribution in [0, 0.1) is 5.92 Å². The molecular weight excluding hydrogens is 182 g/mol. The first-order chi connectivity index (χ1) is 6.27. The van der Waals surface area contributed by atoms with E-state index < -0.39 is 0 Å². The summed E-state index contributed by atoms with van der Waals surface area (Å²) in [4.78, 5) is 2.49. The highest BCUT2D eigenvalue weighted by Gasteiger charge is 2.30. The average Bonchev–Trinajstić information content (AvgIpc) is 2.62. The Morgan fingerprint density at radius 1 is 1.38 bits per heavy atom. The molecule has 2 saturated heterocycles. The molecule has 76 valence electrons. The molecule has 0 saturated carbocycles. The quantitative estimate of drug-likeness (QED) is 0.689. The first kappa shape index (κ1) is 9.81. The fraction of sp³-hybridized carbons (Fsp3) is 1.00. The summed E-state index contributed by atoms with van der Waals surface area (Å²) in [6.07, 6.45) is 2.41. The van der Waals surface area contributed by atoms with Gasteiger partial charge in [0, 0.05) is 18.3 Å². The molecular formula is C10H19NOS. The molecule has 2 rings (SSSR count). The summed E-state index contributed by atoms with van der Waals surface area (Å²) in [7, 11) is 0. The molecule has 0 bridgehead atoms. The van der Waals surface area contributed by atoms with Gasteiger partial charge in [0.05, 0.1) is 6.10 Å². The number of aliphatic hydroxyl groups excluding tert-OH is 1. The third-order valence-electron chi connectivity index (χ3n) is 3.37. The minimum absolute atomic E-state index is 0.0839. The van der Waals surface area contributed by atoms with Crippen molar-refractivity contribution in [1.29, 1.82) is 0 Å². The van der Waals surface area contributed by atoms with Gasteiger partial charge in [-0.25, -0.2) is 0 Å². The zero-order valence-corrected chi connectivity index (χ0v) is 9.09. The summed E-state index contributed by atoms with van der Waals surface area (Å²) < 4.78 is 0. The van der Waals surface area contributed by atoms with Crippen LogP contribution in [0.1, 0.15) is 19.8 Å². The Hall–Kier alpha value is 0.270. The van der Waals surface area contributed by atoms with E-state index in [2.05, 4.69) is 23.6 Å². The summed E-state index contributed by atoms with van der Waals surface area (Å²) in [6.45, 7) is 4.27. The second kappa shape index (κ2) is 4.20. The van der Waals surface area contributed by atoms with Gasteiger partial charge in [0.15, 0.2) is 0 Å². The summed E-state index contributed by atoms with van der Waals surface area (Å²) in [5.74, 6) is 3.10. The Morgan fingerprint density at radius 2 is 2.23 bits per heavy atom. The summed E-state index contributed by atoms with van der Waals surface area (Å²) in [5, 5.41) is 9.76. The van der Waals surface area contributed by atoms with Crippen molar-refractivity contribution in [1.82, 2.24) is 4.90 Å². The van der Waals surface area contributed by atoms with Crippen LogP contribution >= 0.6 is 11.8 Å². The van der Waals surface area contributed by atoms with Crippen molar-refractivity contribution < 1.29 is 5.11 Å². The maximum atomic E-state index is 9.76. The SMILES string of the molecule is CC1CCN(C2CCSC2)CC1O. The Balaban J connectivity index is 1.87. The molecule has 0 radical (unpaired) electrons. The van der Waals surface area contributed by atoms with Gasteiger partial charge in [0.1, 0.15) is 0 Å². The molecule has 2 aliphatic rings. The second-order valence-electron chi connectivity index (χ2n) is 4.35. The van der Waals surface area contributed by atoms with Crippen molar-refractivity contribution in [2.24, 2.45) is 5.92 Å². The van der Waals surface area contributed by atoms with Gasteiger partial charge in [-0.1, -0.05) is 6.92 Å². The number of β-amino-alcohol motifs (C(OH)–C–C–N with tert-alkyl or cyclic N) is 1. The summed E-state index contributed by atoms with van der Waals surface area (Å²) in [5.41, 5.74) is 0. The van der Waals surface area contributed by atoms with E-state index in [4.69, 9.17) is 0 Å². The van der Waals surface area contributed by atoms with E-state index in [9.17, 15) is 5.11 Å². The molecule has 2 fully saturated rings. The highest BCUT2D eigenvalue weighted by atomic mass is 32.2. The number of piperidine rings is 1. The monoisotopic (exact) mass is 201 g/mol. The number of likely N-dealkylation sites (tertiary alicyclic amines) is 1. The number of hydrogen-bond donors (Lipinski definition) is 1. The lowest BCUT2D eigenvalue weighted by atomic mass is 9.95. The third-order valence-corrected chi connectivity index (χ3v) is 4.52. The highest BCUT2D eigenvalue weighted by Crippen LogP contribution is 2.26. The number of nitrogens with zero attached hydrogens (tertiary/aromatic N) is 1. The highest BCUT2D eigenvalue weighted by molar-refractivity contribution is 7.99. The smallest absolute Gasteiger partial charge is 0.0693 e. The Bertz CT molecular complexity index is 170. The molecule has 0 aromatic heterocycles. The molecule has 0 aromatic rings. The van der Waals surface area contributed by atoms with Crippen LogP contribution in [0.3, 0.4) is 0 Å². The van der Waals surface area contributed by atoms with Gasteiger partial charge in [-0.2, -0.15) is 11.8 Å². The Kier molecular flexibility index (Phi) is 3.17. The van der Waals surface area contributed by atoms with Gasteiger partial charge in [0.2, 0.25) is 0 Å². The van der Waals surface area contributed by atoms with Gasteiger partial charge in [-0.15, -0.1) is 0 Å². The first-order valence-corrected chi connectivity index (χ1v) is 6.42. The molecule has 2 heterocycles. The van der Waals surface area contributed by atoms with Gasteiger partial charge in [0.25, 0.3) is 0 Å².